The van der Waals surface area contributed by atoms with Crippen molar-refractivity contribution in [2.75, 3.05) is 32.8 Å². The first kappa shape index (κ1) is 37.0. The summed E-state index contributed by atoms with van der Waals surface area (Å²) in [6, 6.07) is 0.554. The SMILES string of the molecule is C.CC(C)[C@H](CN1CCC2(CC1)OCC1C=C(Cl)C=CC12)NCC1CCCC(SN)C1.O.O.O.O. The summed E-state index contributed by atoms with van der Waals surface area (Å²) in [4.78, 5) is 2.66. The van der Waals surface area contributed by atoms with E-state index in [1.807, 2.05) is 0 Å². The normalized spacial score (nSPS) is 29.9. The summed E-state index contributed by atoms with van der Waals surface area (Å²) >= 11 is 7.79. The first-order valence-electron chi connectivity index (χ1n) is 12.0. The Balaban J connectivity index is 0. The van der Waals surface area contributed by atoms with Crippen molar-refractivity contribution in [2.45, 2.75) is 76.7 Å². The van der Waals surface area contributed by atoms with E-state index < -0.39 is 0 Å². The van der Waals surface area contributed by atoms with Gasteiger partial charge in [0, 0.05) is 47.8 Å². The fraction of sp³-hybridized carbons (Fsp3) is 0.840. The van der Waals surface area contributed by atoms with Gasteiger partial charge in [0.05, 0.1) is 12.2 Å². The highest BCUT2D eigenvalue weighted by Crippen LogP contribution is 2.47. The summed E-state index contributed by atoms with van der Waals surface area (Å²) in [5.41, 5.74) is 0.0313. The maximum absolute atomic E-state index is 6.42. The lowest BCUT2D eigenvalue weighted by Crippen LogP contribution is -2.52. The van der Waals surface area contributed by atoms with Gasteiger partial charge < -0.3 is 36.9 Å². The molecule has 1 saturated carbocycles. The van der Waals surface area contributed by atoms with E-state index in [1.165, 1.54) is 25.7 Å². The molecular weight excluding hydrogens is 490 g/mol. The second-order valence-electron chi connectivity index (χ2n) is 10.3. The molecule has 2 aliphatic carbocycles. The third-order valence-corrected chi connectivity index (χ3v) is 9.09. The van der Waals surface area contributed by atoms with Gasteiger partial charge >= 0.3 is 0 Å². The molecule has 4 aliphatic rings. The zero-order valence-electron chi connectivity index (χ0n) is 20.7. The predicted octanol–water partition coefficient (Wildman–Crippen LogP) is 1.89. The van der Waals surface area contributed by atoms with Crippen LogP contribution in [0.25, 0.3) is 0 Å². The van der Waals surface area contributed by atoms with Crippen LogP contribution in [0.5, 0.6) is 0 Å². The lowest BCUT2D eigenvalue weighted by molar-refractivity contribution is -0.0596. The third-order valence-electron chi connectivity index (χ3n) is 8.03. The van der Waals surface area contributed by atoms with E-state index in [2.05, 4.69) is 42.3 Å². The maximum atomic E-state index is 6.42. The van der Waals surface area contributed by atoms with Gasteiger partial charge in [-0.05, 0) is 56.6 Å². The number of ether oxygens (including phenoxy) is 1. The molecule has 0 aromatic heterocycles. The van der Waals surface area contributed by atoms with Gasteiger partial charge in [-0.1, -0.05) is 63.4 Å². The van der Waals surface area contributed by atoms with E-state index in [9.17, 15) is 0 Å². The van der Waals surface area contributed by atoms with Gasteiger partial charge in [0.1, 0.15) is 0 Å². The molecule has 2 heterocycles. The number of nitrogens with two attached hydrogens (primary N) is 1. The monoisotopic (exact) mass is 541 g/mol. The Labute approximate surface area is 221 Å². The minimum atomic E-state index is 0. The Bertz CT molecular complexity index is 647. The van der Waals surface area contributed by atoms with Crippen molar-refractivity contribution in [3.8, 4) is 0 Å². The molecule has 0 aromatic carbocycles. The first-order chi connectivity index (χ1) is 14.5. The van der Waals surface area contributed by atoms with Gasteiger partial charge in [-0.2, -0.15) is 0 Å². The molecule has 5 atom stereocenters. The Morgan fingerprint density at radius 1 is 1.20 bits per heavy atom. The molecule has 210 valence electrons. The number of allylic oxidation sites excluding steroid dienone is 2. The molecule has 0 bridgehead atoms. The van der Waals surface area contributed by atoms with Crippen LogP contribution in [-0.4, -0.2) is 76.5 Å². The van der Waals surface area contributed by atoms with Crippen LogP contribution in [0.3, 0.4) is 0 Å². The average molecular weight is 542 g/mol. The van der Waals surface area contributed by atoms with E-state index >= 15 is 0 Å². The van der Waals surface area contributed by atoms with Crippen LogP contribution in [0, 0.1) is 23.7 Å². The van der Waals surface area contributed by atoms with Crippen LogP contribution < -0.4 is 10.5 Å². The molecule has 3 fully saturated rings. The zero-order valence-corrected chi connectivity index (χ0v) is 22.3. The minimum Gasteiger partial charge on any atom is -0.412 e. The van der Waals surface area contributed by atoms with Gasteiger partial charge in [-0.25, -0.2) is 0 Å². The molecule has 11 N–H and O–H groups in total. The van der Waals surface area contributed by atoms with Crippen molar-refractivity contribution < 1.29 is 26.6 Å². The quantitative estimate of drug-likeness (QED) is 0.466. The van der Waals surface area contributed by atoms with Gasteiger partial charge in [-0.3, -0.25) is 5.14 Å². The molecule has 0 amide bonds. The number of nitrogens with one attached hydrogen (secondary N) is 1. The number of nitrogens with zero attached hydrogens (tertiary/aromatic N) is 1. The van der Waals surface area contributed by atoms with Crippen molar-refractivity contribution in [1.82, 2.24) is 10.2 Å². The molecule has 1 spiro atoms. The molecular formula is C25H52ClN3O5S. The minimum absolute atomic E-state index is 0. The molecule has 0 radical (unpaired) electrons. The Hall–Kier alpha value is -0.200. The Kier molecular flexibility index (Phi) is 17.5. The second kappa shape index (κ2) is 16.6. The van der Waals surface area contributed by atoms with Crippen LogP contribution in [-0.2, 0) is 4.74 Å². The molecule has 2 saturated heterocycles. The molecule has 4 unspecified atom stereocenters. The molecule has 0 aromatic rings. The molecule has 10 heteroatoms. The maximum Gasteiger partial charge on any atom is 0.0776 e. The molecule has 8 nitrogen and oxygen atoms in total. The van der Waals surface area contributed by atoms with Gasteiger partial charge in [-0.15, -0.1) is 0 Å². The number of hydrogen-bond donors (Lipinski definition) is 2. The lowest BCUT2D eigenvalue weighted by Gasteiger charge is -2.43. The standard InChI is InChI=1S/C24H40ClN3OS.CH4.4H2O/c1-17(2)23(27-14-18-4-3-5-21(12-18)30-26)15-28-10-8-24(9-11-28)22-7-6-20(25)13-19(22)16-29-24;;;;;/h6-7,13,17-19,21-23,27H,3-5,8-12,14-16,26H2,1-2H3;1H4;4*1H2/t18?,19?,21?,22?,23-;;;;;/m0...../s1. The second-order valence-corrected chi connectivity index (χ2v) is 11.7. The number of likely N-dealkylation sites (tertiary alicyclic amines) is 1. The topological polar surface area (TPSA) is 177 Å². The van der Waals surface area contributed by atoms with Gasteiger partial charge in [0.15, 0.2) is 0 Å². The number of rotatable bonds is 7. The molecule has 2 aliphatic heterocycles. The fourth-order valence-corrected chi connectivity index (χ4v) is 6.95. The smallest absolute Gasteiger partial charge is 0.0776 e. The zero-order chi connectivity index (χ0) is 21.1. The average Bonchev–Trinajstić information content (AvgIpc) is 3.09. The highest BCUT2D eigenvalue weighted by atomic mass is 35.5. The highest BCUT2D eigenvalue weighted by molar-refractivity contribution is 7.97. The summed E-state index contributed by atoms with van der Waals surface area (Å²) < 4.78 is 6.42. The summed E-state index contributed by atoms with van der Waals surface area (Å²) in [5.74, 6) is 2.39. The van der Waals surface area contributed by atoms with Crippen LogP contribution in [0.15, 0.2) is 23.3 Å². The number of fused-ring (bicyclic) bond motifs is 2. The lowest BCUT2D eigenvalue weighted by atomic mass is 9.74. The highest BCUT2D eigenvalue weighted by Gasteiger charge is 2.50. The summed E-state index contributed by atoms with van der Waals surface area (Å²) in [5, 5.41) is 11.3. The number of piperidine rings is 1. The van der Waals surface area contributed by atoms with Crippen molar-refractivity contribution in [3.63, 3.8) is 0 Å². The number of hydrogen-bond acceptors (Lipinski definition) is 5. The van der Waals surface area contributed by atoms with E-state index in [0.717, 1.165) is 56.6 Å². The van der Waals surface area contributed by atoms with Crippen LogP contribution in [0.2, 0.25) is 0 Å². The Morgan fingerprint density at radius 3 is 2.51 bits per heavy atom. The van der Waals surface area contributed by atoms with E-state index in [1.54, 1.807) is 11.9 Å². The van der Waals surface area contributed by atoms with Crippen LogP contribution in [0.1, 0.15) is 59.8 Å². The van der Waals surface area contributed by atoms with Gasteiger partial charge in [0.25, 0.3) is 0 Å². The summed E-state index contributed by atoms with van der Waals surface area (Å²) in [6.45, 7) is 10.1. The fourth-order valence-electron chi connectivity index (χ4n) is 6.03. The van der Waals surface area contributed by atoms with E-state index in [-0.39, 0.29) is 34.9 Å². The van der Waals surface area contributed by atoms with Crippen LogP contribution in [0.4, 0.5) is 0 Å². The van der Waals surface area contributed by atoms with Crippen molar-refractivity contribution >= 4 is 23.5 Å². The largest absolute Gasteiger partial charge is 0.412 e. The predicted molar refractivity (Wildman–Crippen MR) is 150 cm³/mol. The molecule has 4 rings (SSSR count). The molecule has 35 heavy (non-hydrogen) atoms. The van der Waals surface area contributed by atoms with Crippen molar-refractivity contribution in [3.05, 3.63) is 23.3 Å². The number of halogens is 1. The van der Waals surface area contributed by atoms with Crippen LogP contribution >= 0.6 is 23.5 Å². The van der Waals surface area contributed by atoms with E-state index in [0.29, 0.717) is 29.0 Å². The van der Waals surface area contributed by atoms with Crippen molar-refractivity contribution in [2.24, 2.45) is 28.8 Å². The van der Waals surface area contributed by atoms with Crippen molar-refractivity contribution in [1.29, 1.82) is 0 Å². The Morgan fingerprint density at radius 2 is 1.89 bits per heavy atom. The van der Waals surface area contributed by atoms with E-state index in [4.69, 9.17) is 21.5 Å². The summed E-state index contributed by atoms with van der Waals surface area (Å²) in [7, 11) is 0. The van der Waals surface area contributed by atoms with Gasteiger partial charge in [0.2, 0.25) is 0 Å². The third kappa shape index (κ3) is 8.95. The first-order valence-corrected chi connectivity index (χ1v) is 13.3. The summed E-state index contributed by atoms with van der Waals surface area (Å²) in [6.07, 6.45) is 14.1.